The molecular weight excluding hydrogens is 336 g/mol. The molecule has 1 amide bonds. The van der Waals surface area contributed by atoms with Crippen molar-refractivity contribution in [2.45, 2.75) is 13.5 Å². The van der Waals surface area contributed by atoms with Gasteiger partial charge in [0.1, 0.15) is 18.1 Å². The van der Waals surface area contributed by atoms with Crippen molar-refractivity contribution in [3.63, 3.8) is 0 Å². The van der Waals surface area contributed by atoms with Crippen LogP contribution in [0.2, 0.25) is 0 Å². The molecular formula is C19H18N2O3S. The summed E-state index contributed by atoms with van der Waals surface area (Å²) in [5.41, 5.74) is 1.99. The molecule has 0 radical (unpaired) electrons. The number of thiazole rings is 1. The molecule has 25 heavy (non-hydrogen) atoms. The van der Waals surface area contributed by atoms with Crippen molar-refractivity contribution in [2.75, 3.05) is 11.9 Å². The second-order valence-corrected chi connectivity index (χ2v) is 6.23. The molecule has 1 aromatic heterocycles. The summed E-state index contributed by atoms with van der Waals surface area (Å²) in [5, 5.41) is 5.16. The van der Waals surface area contributed by atoms with E-state index in [9.17, 15) is 4.79 Å². The Labute approximate surface area is 150 Å². The summed E-state index contributed by atoms with van der Waals surface area (Å²) in [6, 6.07) is 17.2. The van der Waals surface area contributed by atoms with Gasteiger partial charge in [0.25, 0.3) is 5.91 Å². The normalized spacial score (nSPS) is 10.3. The first kappa shape index (κ1) is 17.0. The number of nitrogens with one attached hydrogen (secondary N) is 1. The molecule has 3 rings (SSSR count). The standard InChI is InChI=1S/C19H18N2O3S/c1-14-13-25-19(20-14)21-18(22)12-24-17-9-7-16(8-10-17)23-11-15-5-3-2-4-6-15/h2-10,13H,11-12H2,1H3,(H,20,21,22). The van der Waals surface area contributed by atoms with Crippen molar-refractivity contribution in [3.8, 4) is 11.5 Å². The largest absolute Gasteiger partial charge is 0.489 e. The summed E-state index contributed by atoms with van der Waals surface area (Å²) in [6.45, 7) is 2.32. The van der Waals surface area contributed by atoms with Crippen LogP contribution in [0.15, 0.2) is 60.0 Å². The molecule has 0 bridgehead atoms. The van der Waals surface area contributed by atoms with Crippen molar-refractivity contribution in [1.82, 2.24) is 4.98 Å². The van der Waals surface area contributed by atoms with Gasteiger partial charge >= 0.3 is 0 Å². The van der Waals surface area contributed by atoms with E-state index in [4.69, 9.17) is 9.47 Å². The highest BCUT2D eigenvalue weighted by Gasteiger charge is 2.06. The van der Waals surface area contributed by atoms with Crippen LogP contribution in [0.5, 0.6) is 11.5 Å². The maximum Gasteiger partial charge on any atom is 0.264 e. The van der Waals surface area contributed by atoms with E-state index in [0.717, 1.165) is 17.0 Å². The molecule has 6 heteroatoms. The molecule has 1 N–H and O–H groups in total. The Hall–Kier alpha value is -2.86. The number of hydrogen-bond acceptors (Lipinski definition) is 5. The molecule has 3 aromatic rings. The Morgan fingerprint density at radius 1 is 1.04 bits per heavy atom. The van der Waals surface area contributed by atoms with Gasteiger partial charge in [0, 0.05) is 5.38 Å². The van der Waals surface area contributed by atoms with Gasteiger partial charge < -0.3 is 9.47 Å². The molecule has 0 aliphatic heterocycles. The van der Waals surface area contributed by atoms with Crippen molar-refractivity contribution < 1.29 is 14.3 Å². The van der Waals surface area contributed by atoms with Gasteiger partial charge in [0.15, 0.2) is 11.7 Å². The molecule has 0 fully saturated rings. The van der Waals surface area contributed by atoms with Crippen molar-refractivity contribution in [1.29, 1.82) is 0 Å². The predicted molar refractivity (Wildman–Crippen MR) is 98.2 cm³/mol. The first-order valence-corrected chi connectivity index (χ1v) is 8.68. The summed E-state index contributed by atoms with van der Waals surface area (Å²) < 4.78 is 11.2. The van der Waals surface area contributed by atoms with Gasteiger partial charge in [-0.15, -0.1) is 11.3 Å². The fourth-order valence-electron chi connectivity index (χ4n) is 2.09. The maximum absolute atomic E-state index is 11.8. The summed E-state index contributed by atoms with van der Waals surface area (Å²) in [7, 11) is 0. The highest BCUT2D eigenvalue weighted by Crippen LogP contribution is 2.19. The molecule has 0 aliphatic rings. The SMILES string of the molecule is Cc1csc(NC(=O)COc2ccc(OCc3ccccc3)cc2)n1. The highest BCUT2D eigenvalue weighted by atomic mass is 32.1. The number of aryl methyl sites for hydroxylation is 1. The second kappa shape index (κ2) is 8.30. The summed E-state index contributed by atoms with van der Waals surface area (Å²) in [6.07, 6.45) is 0. The van der Waals surface area contributed by atoms with Crippen molar-refractivity contribution >= 4 is 22.4 Å². The smallest absolute Gasteiger partial charge is 0.264 e. The maximum atomic E-state index is 11.8. The first-order valence-electron chi connectivity index (χ1n) is 7.80. The summed E-state index contributed by atoms with van der Waals surface area (Å²) in [5.74, 6) is 1.12. The minimum Gasteiger partial charge on any atom is -0.489 e. The van der Waals surface area contributed by atoms with Crippen LogP contribution in [0.1, 0.15) is 11.3 Å². The number of aromatic nitrogens is 1. The highest BCUT2D eigenvalue weighted by molar-refractivity contribution is 7.13. The Morgan fingerprint density at radius 2 is 1.72 bits per heavy atom. The Bertz CT molecular complexity index is 816. The number of carbonyl (C=O) groups excluding carboxylic acids is 1. The van der Waals surface area contributed by atoms with E-state index in [0.29, 0.717) is 17.5 Å². The molecule has 128 valence electrons. The number of rotatable bonds is 7. The van der Waals surface area contributed by atoms with Crippen molar-refractivity contribution in [3.05, 3.63) is 71.2 Å². The third-order valence-corrected chi connectivity index (χ3v) is 4.18. The van der Waals surface area contributed by atoms with Crippen LogP contribution < -0.4 is 14.8 Å². The lowest BCUT2D eigenvalue weighted by Gasteiger charge is -2.08. The monoisotopic (exact) mass is 354 g/mol. The number of nitrogens with zero attached hydrogens (tertiary/aromatic N) is 1. The summed E-state index contributed by atoms with van der Waals surface area (Å²) >= 11 is 1.39. The fraction of sp³-hybridized carbons (Fsp3) is 0.158. The first-order chi connectivity index (χ1) is 12.2. The van der Waals surface area contributed by atoms with E-state index in [1.165, 1.54) is 11.3 Å². The van der Waals surface area contributed by atoms with Gasteiger partial charge in [-0.05, 0) is 36.8 Å². The lowest BCUT2D eigenvalue weighted by molar-refractivity contribution is -0.118. The van der Waals surface area contributed by atoms with E-state index in [2.05, 4.69) is 10.3 Å². The van der Waals surface area contributed by atoms with E-state index < -0.39 is 0 Å². The number of hydrogen-bond donors (Lipinski definition) is 1. The minimum absolute atomic E-state index is 0.0666. The second-order valence-electron chi connectivity index (χ2n) is 5.38. The zero-order valence-electron chi connectivity index (χ0n) is 13.8. The van der Waals surface area contributed by atoms with E-state index >= 15 is 0 Å². The van der Waals surface area contributed by atoms with Crippen molar-refractivity contribution in [2.24, 2.45) is 0 Å². The fourth-order valence-corrected chi connectivity index (χ4v) is 2.79. The third-order valence-electron chi connectivity index (χ3n) is 3.31. The number of ether oxygens (including phenoxy) is 2. The molecule has 1 heterocycles. The number of anilines is 1. The zero-order chi connectivity index (χ0) is 17.5. The lowest BCUT2D eigenvalue weighted by atomic mass is 10.2. The predicted octanol–water partition coefficient (Wildman–Crippen LogP) is 4.05. The van der Waals surface area contributed by atoms with Gasteiger partial charge in [-0.2, -0.15) is 0 Å². The third kappa shape index (κ3) is 5.32. The van der Waals surface area contributed by atoms with Gasteiger partial charge in [-0.25, -0.2) is 4.98 Å². The molecule has 2 aromatic carbocycles. The van der Waals surface area contributed by atoms with E-state index in [1.54, 1.807) is 12.1 Å². The van der Waals surface area contributed by atoms with E-state index in [1.807, 2.05) is 54.8 Å². The molecule has 0 aliphatic carbocycles. The van der Waals surface area contributed by atoms with Gasteiger partial charge in [-0.1, -0.05) is 30.3 Å². The van der Waals surface area contributed by atoms with Crippen LogP contribution in [-0.4, -0.2) is 17.5 Å². The zero-order valence-corrected chi connectivity index (χ0v) is 14.6. The van der Waals surface area contributed by atoms with Gasteiger partial charge in [0.05, 0.1) is 5.69 Å². The van der Waals surface area contributed by atoms with Gasteiger partial charge in [0.2, 0.25) is 0 Å². The molecule has 0 spiro atoms. The molecule has 0 unspecified atom stereocenters. The number of benzene rings is 2. The molecule has 5 nitrogen and oxygen atoms in total. The quantitative estimate of drug-likeness (QED) is 0.695. The van der Waals surface area contributed by atoms with E-state index in [-0.39, 0.29) is 12.5 Å². The van der Waals surface area contributed by atoms with Crippen LogP contribution in [0.3, 0.4) is 0 Å². The number of carbonyl (C=O) groups is 1. The number of amides is 1. The average molecular weight is 354 g/mol. The van der Waals surface area contributed by atoms with Crippen LogP contribution in [0.4, 0.5) is 5.13 Å². The Morgan fingerprint density at radius 3 is 2.36 bits per heavy atom. The topological polar surface area (TPSA) is 60.5 Å². The van der Waals surface area contributed by atoms with Crippen LogP contribution in [0.25, 0.3) is 0 Å². The van der Waals surface area contributed by atoms with Crippen LogP contribution in [-0.2, 0) is 11.4 Å². The van der Waals surface area contributed by atoms with Crippen LogP contribution in [0, 0.1) is 6.92 Å². The summed E-state index contributed by atoms with van der Waals surface area (Å²) in [4.78, 5) is 16.0. The van der Waals surface area contributed by atoms with Gasteiger partial charge in [-0.3, -0.25) is 10.1 Å². The average Bonchev–Trinajstić information content (AvgIpc) is 3.04. The van der Waals surface area contributed by atoms with Crippen LogP contribution >= 0.6 is 11.3 Å². The molecule has 0 saturated carbocycles. The minimum atomic E-state index is -0.237. The Balaban J connectivity index is 1.45. The molecule has 0 saturated heterocycles. The molecule has 0 atom stereocenters. The Kier molecular flexibility index (Phi) is 5.64. The lowest BCUT2D eigenvalue weighted by Crippen LogP contribution is -2.20.